The van der Waals surface area contributed by atoms with Crippen LogP contribution in [0.3, 0.4) is 0 Å². The molecule has 0 bridgehead atoms. The van der Waals surface area contributed by atoms with Crippen LogP contribution >= 0.6 is 23.2 Å². The standard InChI is InChI=1S/C27H26Cl2N2O3/c1-26(2,3)17-9-11-20(12-10-17)34-27(4,5)25(32)30-19-8-6-7-16(13-19)24-31-22-15-18(28)14-21(29)23(22)33-24/h6-15H,1-5H3,(H,30,32). The minimum Gasteiger partial charge on any atom is -0.478 e. The number of nitrogens with one attached hydrogen (secondary N) is 1. The molecule has 4 aromatic rings. The Morgan fingerprint density at radius 1 is 0.971 bits per heavy atom. The molecule has 0 spiro atoms. The van der Waals surface area contributed by atoms with Crippen LogP contribution in [0.2, 0.25) is 10.0 Å². The lowest BCUT2D eigenvalue weighted by Crippen LogP contribution is -2.42. The first-order valence-electron chi connectivity index (χ1n) is 10.9. The highest BCUT2D eigenvalue weighted by molar-refractivity contribution is 6.38. The molecule has 3 aromatic carbocycles. The molecule has 4 rings (SSSR count). The molecule has 1 heterocycles. The van der Waals surface area contributed by atoms with Gasteiger partial charge in [-0.25, -0.2) is 4.98 Å². The molecule has 1 aromatic heterocycles. The van der Waals surface area contributed by atoms with E-state index in [1.165, 1.54) is 5.56 Å². The molecule has 34 heavy (non-hydrogen) atoms. The third-order valence-electron chi connectivity index (χ3n) is 5.42. The SMILES string of the molecule is CC(C)(Oc1ccc(C(C)(C)C)cc1)C(=O)Nc1cccc(-c2nc3cc(Cl)cc(Cl)c3o2)c1. The van der Waals surface area contributed by atoms with Crippen molar-refractivity contribution in [3.8, 4) is 17.2 Å². The van der Waals surface area contributed by atoms with Crippen molar-refractivity contribution >= 4 is 45.9 Å². The van der Waals surface area contributed by atoms with Crippen molar-refractivity contribution in [1.82, 2.24) is 4.98 Å². The summed E-state index contributed by atoms with van der Waals surface area (Å²) < 4.78 is 11.9. The maximum absolute atomic E-state index is 13.0. The number of halogens is 2. The Kier molecular flexibility index (Phi) is 6.36. The van der Waals surface area contributed by atoms with Crippen molar-refractivity contribution in [2.45, 2.75) is 45.6 Å². The van der Waals surface area contributed by atoms with E-state index in [0.717, 1.165) is 0 Å². The predicted octanol–water partition coefficient (Wildman–Crippen LogP) is 7.90. The summed E-state index contributed by atoms with van der Waals surface area (Å²) in [5.41, 5.74) is 2.45. The lowest BCUT2D eigenvalue weighted by atomic mass is 9.87. The van der Waals surface area contributed by atoms with Crippen LogP contribution in [0.5, 0.6) is 5.75 Å². The summed E-state index contributed by atoms with van der Waals surface area (Å²) in [5.74, 6) is 0.727. The number of carbonyl (C=O) groups excluding carboxylic acids is 1. The average molecular weight is 497 g/mol. The van der Waals surface area contributed by atoms with Crippen LogP contribution in [0.4, 0.5) is 5.69 Å². The van der Waals surface area contributed by atoms with Crippen molar-refractivity contribution in [3.05, 3.63) is 76.3 Å². The number of aromatic nitrogens is 1. The quantitative estimate of drug-likeness (QED) is 0.305. The number of oxazole rings is 1. The van der Waals surface area contributed by atoms with Crippen molar-refractivity contribution < 1.29 is 13.9 Å². The summed E-state index contributed by atoms with van der Waals surface area (Å²) in [6.45, 7) is 9.92. The number of hydrogen-bond donors (Lipinski definition) is 1. The molecular formula is C27H26Cl2N2O3. The fourth-order valence-corrected chi connectivity index (χ4v) is 3.98. The number of benzene rings is 3. The average Bonchev–Trinajstić information content (AvgIpc) is 3.18. The van der Waals surface area contributed by atoms with Gasteiger partial charge in [0.1, 0.15) is 11.3 Å². The summed E-state index contributed by atoms with van der Waals surface area (Å²) in [6, 6.07) is 18.3. The molecule has 1 N–H and O–H groups in total. The first-order chi connectivity index (χ1) is 15.9. The van der Waals surface area contributed by atoms with Crippen molar-refractivity contribution in [2.24, 2.45) is 0 Å². The fourth-order valence-electron chi connectivity index (χ4n) is 3.46. The van der Waals surface area contributed by atoms with Crippen LogP contribution in [0.15, 0.2) is 65.1 Å². The van der Waals surface area contributed by atoms with Gasteiger partial charge in [-0.2, -0.15) is 0 Å². The number of fused-ring (bicyclic) bond motifs is 1. The molecule has 1 amide bonds. The maximum atomic E-state index is 13.0. The highest BCUT2D eigenvalue weighted by Gasteiger charge is 2.30. The van der Waals surface area contributed by atoms with Gasteiger partial charge in [0.2, 0.25) is 5.89 Å². The lowest BCUT2D eigenvalue weighted by Gasteiger charge is -2.26. The van der Waals surface area contributed by atoms with E-state index in [0.29, 0.717) is 44.0 Å². The number of hydrogen-bond acceptors (Lipinski definition) is 4. The van der Waals surface area contributed by atoms with Crippen molar-refractivity contribution in [1.29, 1.82) is 0 Å². The van der Waals surface area contributed by atoms with E-state index < -0.39 is 5.60 Å². The summed E-state index contributed by atoms with van der Waals surface area (Å²) in [6.07, 6.45) is 0. The minimum atomic E-state index is -1.10. The van der Waals surface area contributed by atoms with Crippen LogP contribution in [0.1, 0.15) is 40.2 Å². The zero-order chi connectivity index (χ0) is 24.7. The number of amides is 1. The van der Waals surface area contributed by atoms with Gasteiger partial charge in [-0.1, -0.05) is 62.2 Å². The van der Waals surface area contributed by atoms with E-state index in [1.807, 2.05) is 36.4 Å². The lowest BCUT2D eigenvalue weighted by molar-refractivity contribution is -0.128. The third kappa shape index (κ3) is 5.21. The van der Waals surface area contributed by atoms with Crippen molar-refractivity contribution in [3.63, 3.8) is 0 Å². The zero-order valence-electron chi connectivity index (χ0n) is 19.7. The summed E-state index contributed by atoms with van der Waals surface area (Å²) in [7, 11) is 0. The number of nitrogens with zero attached hydrogens (tertiary/aromatic N) is 1. The molecule has 176 valence electrons. The van der Waals surface area contributed by atoms with Crippen LogP contribution in [0.25, 0.3) is 22.6 Å². The van der Waals surface area contributed by atoms with Gasteiger partial charge in [-0.05, 0) is 67.3 Å². The third-order valence-corrected chi connectivity index (χ3v) is 5.92. The van der Waals surface area contributed by atoms with E-state index in [1.54, 1.807) is 38.1 Å². The van der Waals surface area contributed by atoms with Gasteiger partial charge < -0.3 is 14.5 Å². The van der Waals surface area contributed by atoms with Crippen LogP contribution in [-0.4, -0.2) is 16.5 Å². The largest absolute Gasteiger partial charge is 0.478 e. The van der Waals surface area contributed by atoms with Crippen LogP contribution in [-0.2, 0) is 10.2 Å². The summed E-state index contributed by atoms with van der Waals surface area (Å²) in [5, 5.41) is 3.79. The van der Waals surface area contributed by atoms with Gasteiger partial charge in [0, 0.05) is 16.3 Å². The molecule has 0 saturated carbocycles. The van der Waals surface area contributed by atoms with E-state index >= 15 is 0 Å². The highest BCUT2D eigenvalue weighted by Crippen LogP contribution is 2.33. The monoisotopic (exact) mass is 496 g/mol. The van der Waals surface area contributed by atoms with Gasteiger partial charge in [-0.3, -0.25) is 4.79 Å². The molecule has 0 radical (unpaired) electrons. The van der Waals surface area contributed by atoms with Gasteiger partial charge in [-0.15, -0.1) is 0 Å². The number of carbonyl (C=O) groups is 1. The van der Waals surface area contributed by atoms with Crippen molar-refractivity contribution in [2.75, 3.05) is 5.32 Å². The second kappa shape index (κ2) is 8.97. The summed E-state index contributed by atoms with van der Waals surface area (Å²) >= 11 is 12.3. The number of rotatable bonds is 5. The molecule has 0 aliphatic heterocycles. The van der Waals surface area contributed by atoms with E-state index in [9.17, 15) is 4.79 Å². The second-order valence-corrected chi connectivity index (χ2v) is 10.5. The Hall–Kier alpha value is -3.02. The Labute approximate surface area is 209 Å². The Morgan fingerprint density at radius 3 is 2.35 bits per heavy atom. The van der Waals surface area contributed by atoms with Gasteiger partial charge in [0.15, 0.2) is 11.2 Å². The van der Waals surface area contributed by atoms with E-state index in [4.69, 9.17) is 32.4 Å². The zero-order valence-corrected chi connectivity index (χ0v) is 21.2. The first kappa shape index (κ1) is 24.1. The molecule has 0 saturated heterocycles. The minimum absolute atomic E-state index is 0.0444. The summed E-state index contributed by atoms with van der Waals surface area (Å²) in [4.78, 5) is 17.5. The fraction of sp³-hybridized carbons (Fsp3) is 0.259. The smallest absolute Gasteiger partial charge is 0.267 e. The van der Waals surface area contributed by atoms with Gasteiger partial charge in [0.25, 0.3) is 5.91 Å². The Morgan fingerprint density at radius 2 is 1.68 bits per heavy atom. The van der Waals surface area contributed by atoms with Gasteiger partial charge >= 0.3 is 0 Å². The molecule has 0 atom stereocenters. The first-order valence-corrected chi connectivity index (χ1v) is 11.6. The van der Waals surface area contributed by atoms with E-state index in [2.05, 4.69) is 31.1 Å². The van der Waals surface area contributed by atoms with Crippen LogP contribution in [0, 0.1) is 0 Å². The molecule has 7 heteroatoms. The molecule has 0 unspecified atom stereocenters. The second-order valence-electron chi connectivity index (χ2n) is 9.68. The maximum Gasteiger partial charge on any atom is 0.267 e. The number of ether oxygens (including phenoxy) is 1. The predicted molar refractivity (Wildman–Crippen MR) is 138 cm³/mol. The molecule has 0 fully saturated rings. The highest BCUT2D eigenvalue weighted by atomic mass is 35.5. The molecular weight excluding hydrogens is 471 g/mol. The Balaban J connectivity index is 1.51. The molecule has 0 aliphatic rings. The number of anilines is 1. The Bertz CT molecular complexity index is 1350. The van der Waals surface area contributed by atoms with Gasteiger partial charge in [0.05, 0.1) is 5.02 Å². The normalized spacial score (nSPS) is 12.1. The molecule has 5 nitrogen and oxygen atoms in total. The van der Waals surface area contributed by atoms with E-state index in [-0.39, 0.29) is 11.3 Å². The van der Waals surface area contributed by atoms with Crippen LogP contribution < -0.4 is 10.1 Å². The topological polar surface area (TPSA) is 64.4 Å². The molecule has 0 aliphatic carbocycles.